The highest BCUT2D eigenvalue weighted by atomic mass is 15.2. The van der Waals surface area contributed by atoms with Crippen LogP contribution in [0.5, 0.6) is 0 Å². The van der Waals surface area contributed by atoms with E-state index in [-0.39, 0.29) is 0 Å². The fourth-order valence-corrected chi connectivity index (χ4v) is 3.54. The number of nitrogens with zero attached hydrogens (tertiary/aromatic N) is 5. The van der Waals surface area contributed by atoms with E-state index >= 15 is 0 Å². The molecule has 0 amide bonds. The number of rotatable bonds is 5. The summed E-state index contributed by atoms with van der Waals surface area (Å²) in [4.78, 5) is 2.08. The van der Waals surface area contributed by atoms with E-state index in [1.165, 1.54) is 22.3 Å². The molecule has 26 heavy (non-hydrogen) atoms. The van der Waals surface area contributed by atoms with E-state index in [1.54, 1.807) is 0 Å². The number of aromatic nitrogens is 4. The van der Waals surface area contributed by atoms with Gasteiger partial charge in [-0.05, 0) is 57.1 Å². The lowest BCUT2D eigenvalue weighted by atomic mass is 10.1. The Kier molecular flexibility index (Phi) is 4.24. The molecule has 0 aliphatic carbocycles. The summed E-state index contributed by atoms with van der Waals surface area (Å²) in [5, 5.41) is 8.44. The summed E-state index contributed by atoms with van der Waals surface area (Å²) in [6.07, 6.45) is 0. The number of hydrogen-bond acceptors (Lipinski definition) is 3. The number of hydrogen-bond donors (Lipinski definition) is 0. The van der Waals surface area contributed by atoms with E-state index in [4.69, 9.17) is 0 Å². The zero-order valence-electron chi connectivity index (χ0n) is 15.5. The number of pyridine rings is 1. The second-order valence-corrected chi connectivity index (χ2v) is 6.83. The molecule has 0 unspecified atom stereocenters. The fraction of sp³-hybridized carbons (Fsp3) is 0.238. The topological polar surface area (TPSA) is 38.4 Å². The minimum atomic E-state index is 0.841. The summed E-state index contributed by atoms with van der Waals surface area (Å²) in [5.74, 6) is 0.914. The summed E-state index contributed by atoms with van der Waals surface area (Å²) in [7, 11) is 2.04. The highest BCUT2D eigenvalue weighted by Gasteiger charge is 2.12. The van der Waals surface area contributed by atoms with E-state index in [2.05, 4.69) is 74.3 Å². The third-order valence-electron chi connectivity index (χ3n) is 4.88. The molecule has 0 atom stereocenters. The molecule has 0 aliphatic rings. The van der Waals surface area contributed by atoms with Crippen LogP contribution in [0.2, 0.25) is 0 Å². The van der Waals surface area contributed by atoms with Crippen molar-refractivity contribution in [1.82, 2.24) is 24.1 Å². The molecule has 4 aromatic rings. The molecule has 3 heterocycles. The Balaban J connectivity index is 1.74. The van der Waals surface area contributed by atoms with Crippen molar-refractivity contribution in [3.05, 3.63) is 78.6 Å². The van der Waals surface area contributed by atoms with Crippen LogP contribution in [0.4, 0.5) is 0 Å². The van der Waals surface area contributed by atoms with Crippen molar-refractivity contribution in [2.75, 3.05) is 7.05 Å². The highest BCUT2D eigenvalue weighted by Crippen LogP contribution is 2.23. The summed E-state index contributed by atoms with van der Waals surface area (Å²) in [5.41, 5.74) is 7.06. The Labute approximate surface area is 153 Å². The van der Waals surface area contributed by atoms with Gasteiger partial charge in [0.1, 0.15) is 5.82 Å². The standard InChI is InChI=1S/C21H23N5/c1-5-24(4)13-17-7-6-8-18(12-17)14-25-15(2)11-20-19(25)9-10-21-23-22-16(3)26(20)21/h5-12H,1,13-14H2,2-4H3. The third kappa shape index (κ3) is 2.88. The molecule has 4 rings (SSSR count). The van der Waals surface area contributed by atoms with E-state index < -0.39 is 0 Å². The van der Waals surface area contributed by atoms with Gasteiger partial charge in [-0.25, -0.2) is 0 Å². The zero-order valence-corrected chi connectivity index (χ0v) is 15.5. The van der Waals surface area contributed by atoms with Crippen molar-refractivity contribution >= 4 is 16.7 Å². The Morgan fingerprint density at radius 1 is 1.04 bits per heavy atom. The maximum Gasteiger partial charge on any atom is 0.161 e. The lowest BCUT2D eigenvalue weighted by molar-refractivity contribution is 0.415. The van der Waals surface area contributed by atoms with Gasteiger partial charge in [0.2, 0.25) is 0 Å². The first-order valence-corrected chi connectivity index (χ1v) is 8.78. The Morgan fingerprint density at radius 3 is 2.65 bits per heavy atom. The quantitative estimate of drug-likeness (QED) is 0.552. The molecule has 2 radical (unpaired) electrons. The lowest BCUT2D eigenvalue weighted by Gasteiger charge is -2.15. The van der Waals surface area contributed by atoms with Gasteiger partial charge in [0, 0.05) is 25.3 Å². The molecule has 1 aromatic carbocycles. The van der Waals surface area contributed by atoms with E-state index in [0.29, 0.717) is 0 Å². The number of aryl methyl sites for hydroxylation is 2. The lowest BCUT2D eigenvalue weighted by Crippen LogP contribution is -2.13. The van der Waals surface area contributed by atoms with E-state index in [9.17, 15) is 0 Å². The van der Waals surface area contributed by atoms with E-state index in [1.807, 2.05) is 26.6 Å². The minimum absolute atomic E-state index is 0.841. The van der Waals surface area contributed by atoms with Crippen molar-refractivity contribution in [2.24, 2.45) is 0 Å². The predicted molar refractivity (Wildman–Crippen MR) is 105 cm³/mol. The van der Waals surface area contributed by atoms with Crippen molar-refractivity contribution in [1.29, 1.82) is 0 Å². The summed E-state index contributed by atoms with van der Waals surface area (Å²) in [6, 6.07) is 15.1. The number of fused-ring (bicyclic) bond motifs is 3. The van der Waals surface area contributed by atoms with Gasteiger partial charge in [0.05, 0.1) is 11.0 Å². The Morgan fingerprint density at radius 2 is 1.85 bits per heavy atom. The predicted octanol–water partition coefficient (Wildman–Crippen LogP) is 3.78. The van der Waals surface area contributed by atoms with Crippen LogP contribution in [0.1, 0.15) is 22.6 Å². The van der Waals surface area contributed by atoms with Crippen LogP contribution >= 0.6 is 0 Å². The smallest absolute Gasteiger partial charge is 0.161 e. The monoisotopic (exact) mass is 345 g/mol. The van der Waals surface area contributed by atoms with Crippen LogP contribution in [0.15, 0.2) is 42.5 Å². The molecule has 0 bridgehead atoms. The molecule has 132 valence electrons. The second kappa shape index (κ2) is 6.57. The maximum absolute atomic E-state index is 4.23. The molecule has 0 N–H and O–H groups in total. The average Bonchev–Trinajstić information content (AvgIpc) is 3.16. The van der Waals surface area contributed by atoms with Crippen molar-refractivity contribution < 1.29 is 0 Å². The minimum Gasteiger partial charge on any atom is -0.339 e. The van der Waals surface area contributed by atoms with Crippen LogP contribution in [-0.4, -0.2) is 31.1 Å². The van der Waals surface area contributed by atoms with Gasteiger partial charge in [0.25, 0.3) is 0 Å². The van der Waals surface area contributed by atoms with Gasteiger partial charge in [0.15, 0.2) is 5.65 Å². The molecule has 0 spiro atoms. The van der Waals surface area contributed by atoms with Crippen LogP contribution in [0.25, 0.3) is 16.7 Å². The molecule has 0 aliphatic heterocycles. The van der Waals surface area contributed by atoms with Gasteiger partial charge in [-0.3, -0.25) is 9.30 Å². The first-order valence-electron chi connectivity index (χ1n) is 8.78. The summed E-state index contributed by atoms with van der Waals surface area (Å²) >= 11 is 0. The molecule has 5 heteroatoms. The van der Waals surface area contributed by atoms with Gasteiger partial charge in [-0.1, -0.05) is 24.3 Å². The zero-order chi connectivity index (χ0) is 18.3. The SMILES string of the molecule is [CH2][CH]N(C)Cc1cccc(Cn2c(C)cc3c2ccc2nnc(C)n23)c1. The molecular weight excluding hydrogens is 322 g/mol. The fourth-order valence-electron chi connectivity index (χ4n) is 3.54. The highest BCUT2D eigenvalue weighted by molar-refractivity contribution is 5.81. The molecule has 3 aromatic heterocycles. The Bertz CT molecular complexity index is 1070. The van der Waals surface area contributed by atoms with Crippen molar-refractivity contribution in [3.63, 3.8) is 0 Å². The third-order valence-corrected chi connectivity index (χ3v) is 4.88. The van der Waals surface area contributed by atoms with Crippen LogP contribution < -0.4 is 0 Å². The van der Waals surface area contributed by atoms with Crippen LogP contribution in [0, 0.1) is 27.3 Å². The van der Waals surface area contributed by atoms with E-state index in [0.717, 1.165) is 30.1 Å². The van der Waals surface area contributed by atoms with Gasteiger partial charge in [-0.2, -0.15) is 0 Å². The largest absolute Gasteiger partial charge is 0.339 e. The van der Waals surface area contributed by atoms with Crippen molar-refractivity contribution in [2.45, 2.75) is 26.9 Å². The Hall–Kier alpha value is -2.66. The molecule has 0 saturated heterocycles. The summed E-state index contributed by atoms with van der Waals surface area (Å²) in [6.45, 7) is 11.5. The summed E-state index contributed by atoms with van der Waals surface area (Å²) < 4.78 is 4.47. The normalized spacial score (nSPS) is 11.9. The van der Waals surface area contributed by atoms with Gasteiger partial charge in [-0.15, -0.1) is 10.2 Å². The van der Waals surface area contributed by atoms with Crippen LogP contribution in [0.3, 0.4) is 0 Å². The average molecular weight is 345 g/mol. The molecule has 0 fully saturated rings. The first kappa shape index (κ1) is 16.8. The molecule has 5 nitrogen and oxygen atoms in total. The molecular formula is C21H23N5. The van der Waals surface area contributed by atoms with Crippen LogP contribution in [-0.2, 0) is 13.1 Å². The van der Waals surface area contributed by atoms with Crippen molar-refractivity contribution in [3.8, 4) is 0 Å². The number of benzene rings is 1. The second-order valence-electron chi connectivity index (χ2n) is 6.83. The molecule has 0 saturated carbocycles. The van der Waals surface area contributed by atoms with Gasteiger partial charge >= 0.3 is 0 Å². The first-order chi connectivity index (χ1) is 12.6. The van der Waals surface area contributed by atoms with Gasteiger partial charge < -0.3 is 4.57 Å². The maximum atomic E-state index is 4.23.